The first-order chi connectivity index (χ1) is 10.1. The Morgan fingerprint density at radius 1 is 1.05 bits per heavy atom. The number of guanidine groups is 1. The molecule has 6 heteroatoms. The highest BCUT2D eigenvalue weighted by Gasteiger charge is 2.20. The Morgan fingerprint density at radius 2 is 1.67 bits per heavy atom. The molecule has 2 aromatic carbocycles. The van der Waals surface area contributed by atoms with Gasteiger partial charge in [0.15, 0.2) is 0 Å². The van der Waals surface area contributed by atoms with Crippen LogP contribution >= 0.6 is 0 Å². The number of carbonyl (C=O) groups excluding carboxylic acids is 1. The van der Waals surface area contributed by atoms with Gasteiger partial charge in [-0.1, -0.05) is 30.3 Å². The second-order valence-corrected chi connectivity index (χ2v) is 4.18. The van der Waals surface area contributed by atoms with Crippen molar-refractivity contribution >= 4 is 17.6 Å². The quantitative estimate of drug-likeness (QED) is 0.506. The van der Waals surface area contributed by atoms with Gasteiger partial charge in [-0.05, 0) is 24.3 Å². The molecule has 0 radical (unpaired) electrons. The molecule has 4 N–H and O–H groups in total. The highest BCUT2D eigenvalue weighted by molar-refractivity contribution is 6.07. The lowest BCUT2D eigenvalue weighted by molar-refractivity contribution is 0.0987. The number of nitrogens with two attached hydrogens (primary N) is 2. The zero-order valence-electron chi connectivity index (χ0n) is 11.6. The molecule has 0 aliphatic heterocycles. The molecule has 0 bridgehead atoms. The molecule has 0 saturated heterocycles. The number of hydrogen-bond acceptors (Lipinski definition) is 3. The van der Waals surface area contributed by atoms with Crippen LogP contribution in [0.4, 0.5) is 5.69 Å². The zero-order chi connectivity index (χ0) is 15.2. The van der Waals surface area contributed by atoms with E-state index in [1.165, 1.54) is 7.11 Å². The first-order valence-electron chi connectivity index (χ1n) is 6.25. The summed E-state index contributed by atoms with van der Waals surface area (Å²) in [4.78, 5) is 12.6. The molecule has 6 nitrogen and oxygen atoms in total. The summed E-state index contributed by atoms with van der Waals surface area (Å²) >= 11 is 0. The zero-order valence-corrected chi connectivity index (χ0v) is 11.6. The van der Waals surface area contributed by atoms with Gasteiger partial charge < -0.3 is 16.2 Å². The number of nitrogens with zero attached hydrogens (tertiary/aromatic N) is 2. The third kappa shape index (κ3) is 3.30. The molecule has 21 heavy (non-hydrogen) atoms. The Balaban J connectivity index is 2.49. The van der Waals surface area contributed by atoms with Gasteiger partial charge in [-0.2, -0.15) is 5.01 Å². The van der Waals surface area contributed by atoms with E-state index >= 15 is 0 Å². The average molecular weight is 284 g/mol. The van der Waals surface area contributed by atoms with Crippen LogP contribution in [-0.4, -0.2) is 19.0 Å². The molecule has 2 rings (SSSR count). The molecule has 2 aromatic rings. The molecule has 0 heterocycles. The smallest absolute Gasteiger partial charge is 0.278 e. The summed E-state index contributed by atoms with van der Waals surface area (Å²) in [6, 6.07) is 15.7. The molecule has 0 unspecified atom stereocenters. The van der Waals surface area contributed by atoms with Gasteiger partial charge in [0.05, 0.1) is 7.11 Å². The van der Waals surface area contributed by atoms with E-state index in [-0.39, 0.29) is 11.9 Å². The van der Waals surface area contributed by atoms with Gasteiger partial charge in [-0.3, -0.25) is 4.79 Å². The number of hydrazone groups is 1. The largest absolute Gasteiger partial charge is 0.494 e. The molecule has 0 fully saturated rings. The summed E-state index contributed by atoms with van der Waals surface area (Å²) in [5.74, 6) is -0.0783. The first-order valence-corrected chi connectivity index (χ1v) is 6.25. The van der Waals surface area contributed by atoms with Crippen molar-refractivity contribution in [2.75, 3.05) is 12.1 Å². The minimum Gasteiger partial charge on any atom is -0.494 e. The lowest BCUT2D eigenvalue weighted by atomic mass is 10.2. The van der Waals surface area contributed by atoms with Gasteiger partial charge in [0, 0.05) is 5.56 Å². The highest BCUT2D eigenvalue weighted by Crippen LogP contribution is 2.29. The highest BCUT2D eigenvalue weighted by atomic mass is 16.5. The van der Waals surface area contributed by atoms with Gasteiger partial charge in [0.25, 0.3) is 5.91 Å². The van der Waals surface area contributed by atoms with Crippen LogP contribution in [0.2, 0.25) is 0 Å². The average Bonchev–Trinajstić information content (AvgIpc) is 2.52. The summed E-state index contributed by atoms with van der Waals surface area (Å²) in [5, 5.41) is 5.04. The molecular weight excluding hydrogens is 268 g/mol. The Morgan fingerprint density at radius 3 is 2.29 bits per heavy atom. The van der Waals surface area contributed by atoms with Crippen molar-refractivity contribution in [3.8, 4) is 5.75 Å². The summed E-state index contributed by atoms with van der Waals surface area (Å²) < 4.78 is 5.25. The van der Waals surface area contributed by atoms with E-state index in [9.17, 15) is 4.79 Å². The second kappa shape index (κ2) is 6.42. The van der Waals surface area contributed by atoms with Crippen molar-refractivity contribution < 1.29 is 9.53 Å². The normalized spacial score (nSPS) is 9.76. The van der Waals surface area contributed by atoms with Crippen molar-refractivity contribution in [3.05, 3.63) is 60.2 Å². The number of benzene rings is 2. The van der Waals surface area contributed by atoms with Gasteiger partial charge in [-0.25, -0.2) is 0 Å². The van der Waals surface area contributed by atoms with E-state index in [4.69, 9.17) is 16.2 Å². The van der Waals surface area contributed by atoms with E-state index in [2.05, 4.69) is 5.10 Å². The number of anilines is 1. The number of ether oxygens (including phenoxy) is 1. The molecule has 108 valence electrons. The molecular formula is C15H16N4O2. The van der Waals surface area contributed by atoms with Crippen molar-refractivity contribution in [3.63, 3.8) is 0 Å². The Hall–Kier alpha value is -3.02. The lowest BCUT2D eigenvalue weighted by Gasteiger charge is -2.19. The van der Waals surface area contributed by atoms with Gasteiger partial charge in [0.1, 0.15) is 11.4 Å². The van der Waals surface area contributed by atoms with Crippen LogP contribution in [0.5, 0.6) is 5.75 Å². The molecule has 0 spiro atoms. The number of amides is 1. The van der Waals surface area contributed by atoms with E-state index in [1.54, 1.807) is 48.5 Å². The first kappa shape index (κ1) is 14.4. The molecule has 0 aromatic heterocycles. The summed E-state index contributed by atoms with van der Waals surface area (Å²) in [6.45, 7) is 0. The van der Waals surface area contributed by atoms with Crippen LogP contribution in [0.15, 0.2) is 59.7 Å². The Labute approximate surface area is 122 Å². The predicted octanol–water partition coefficient (Wildman–Crippen LogP) is 1.53. The van der Waals surface area contributed by atoms with Gasteiger partial charge in [-0.15, -0.1) is 5.10 Å². The number of carbonyl (C=O) groups is 1. The van der Waals surface area contributed by atoms with E-state index in [1.807, 2.05) is 6.07 Å². The maximum atomic E-state index is 12.6. The summed E-state index contributed by atoms with van der Waals surface area (Å²) in [5.41, 5.74) is 11.8. The number of para-hydroxylation sites is 2. The van der Waals surface area contributed by atoms with Crippen molar-refractivity contribution in [1.29, 1.82) is 0 Å². The topological polar surface area (TPSA) is 93.9 Å². The fraction of sp³-hybridized carbons (Fsp3) is 0.0667. The molecule has 0 aliphatic carbocycles. The minimum atomic E-state index is -0.353. The monoisotopic (exact) mass is 284 g/mol. The molecule has 0 aliphatic rings. The van der Waals surface area contributed by atoms with Gasteiger partial charge >= 0.3 is 0 Å². The van der Waals surface area contributed by atoms with Crippen LogP contribution in [0.25, 0.3) is 0 Å². The second-order valence-electron chi connectivity index (χ2n) is 4.18. The van der Waals surface area contributed by atoms with Gasteiger partial charge in [0.2, 0.25) is 5.96 Å². The fourth-order valence-electron chi connectivity index (χ4n) is 1.83. The standard InChI is InChI=1S/C15H16N4O2/c1-21-13-10-6-5-9-12(13)19(18-15(16)17)14(20)11-7-3-2-4-8-11/h2-10H,1H3,(H4,16,17,18). The van der Waals surface area contributed by atoms with Crippen LogP contribution in [0.3, 0.4) is 0 Å². The Bertz CT molecular complexity index is 652. The SMILES string of the molecule is COc1ccccc1N(N=C(N)N)C(=O)c1ccccc1. The maximum absolute atomic E-state index is 12.6. The molecule has 0 saturated carbocycles. The number of rotatable bonds is 4. The van der Waals surface area contributed by atoms with Crippen LogP contribution in [0, 0.1) is 0 Å². The lowest BCUT2D eigenvalue weighted by Crippen LogP contribution is -2.33. The maximum Gasteiger partial charge on any atom is 0.278 e. The van der Waals surface area contributed by atoms with Crippen LogP contribution < -0.4 is 21.2 Å². The third-order valence-corrected chi connectivity index (χ3v) is 2.74. The summed E-state index contributed by atoms with van der Waals surface area (Å²) in [6.07, 6.45) is 0. The fourth-order valence-corrected chi connectivity index (χ4v) is 1.83. The van der Waals surface area contributed by atoms with E-state index < -0.39 is 0 Å². The number of methoxy groups -OCH3 is 1. The van der Waals surface area contributed by atoms with Crippen molar-refractivity contribution in [2.24, 2.45) is 16.6 Å². The summed E-state index contributed by atoms with van der Waals surface area (Å²) in [7, 11) is 1.51. The van der Waals surface area contributed by atoms with E-state index in [0.29, 0.717) is 17.0 Å². The third-order valence-electron chi connectivity index (χ3n) is 2.74. The van der Waals surface area contributed by atoms with Crippen LogP contribution in [0.1, 0.15) is 10.4 Å². The van der Waals surface area contributed by atoms with Crippen LogP contribution in [-0.2, 0) is 0 Å². The van der Waals surface area contributed by atoms with Crippen molar-refractivity contribution in [1.82, 2.24) is 0 Å². The van der Waals surface area contributed by atoms with Crippen molar-refractivity contribution in [2.45, 2.75) is 0 Å². The van der Waals surface area contributed by atoms with E-state index in [0.717, 1.165) is 5.01 Å². The number of hydrogen-bond donors (Lipinski definition) is 2. The predicted molar refractivity (Wildman–Crippen MR) is 82.1 cm³/mol. The molecule has 0 atom stereocenters. The minimum absolute atomic E-state index is 0.217. The molecule has 1 amide bonds. The Kier molecular flexibility index (Phi) is 4.40.